The van der Waals surface area contributed by atoms with Crippen molar-refractivity contribution in [3.63, 3.8) is 0 Å². The second-order valence-electron chi connectivity index (χ2n) is 38.3. The highest BCUT2D eigenvalue weighted by Gasteiger charge is 2.46. The quantitative estimate of drug-likeness (QED) is 0.101. The van der Waals surface area contributed by atoms with Gasteiger partial charge in [-0.2, -0.15) is 0 Å². The molecule has 12 rings (SSSR count). The Morgan fingerprint density at radius 3 is 0.524 bits per heavy atom. The average Bonchev–Trinajstić information content (AvgIpc) is 1.68. The fraction of sp³-hybridized carbons (Fsp3) is 0.781. The van der Waals surface area contributed by atoms with Crippen molar-refractivity contribution < 1.29 is 37.9 Å². The van der Waals surface area contributed by atoms with Crippen LogP contribution in [0.25, 0.3) is 0 Å². The van der Waals surface area contributed by atoms with Gasteiger partial charge < -0.3 is 37.9 Å². The molecule has 4 aromatic rings. The van der Waals surface area contributed by atoms with E-state index in [0.717, 1.165) is 0 Å². The van der Waals surface area contributed by atoms with Gasteiger partial charge in [-0.05, 0) is 43.3 Å². The van der Waals surface area contributed by atoms with Crippen LogP contribution in [0.3, 0.4) is 0 Å². The van der Waals surface area contributed by atoms with E-state index in [1.807, 2.05) is 63.1 Å². The molecule has 0 aromatic carbocycles. The molecular weight excluding hydrogens is 1340 g/mol. The van der Waals surface area contributed by atoms with Gasteiger partial charge in [-0.15, -0.1) is 20.4 Å². The zero-order valence-electron chi connectivity index (χ0n) is 66.7. The first-order chi connectivity index (χ1) is 48.9. The Labute approximate surface area is 619 Å². The summed E-state index contributed by atoms with van der Waals surface area (Å²) in [5, 5.41) is 39.3. The van der Waals surface area contributed by atoms with Crippen LogP contribution in [-0.2, 0) is 90.3 Å². The predicted molar refractivity (Wildman–Crippen MR) is 398 cm³/mol. The van der Waals surface area contributed by atoms with Crippen LogP contribution < -0.4 is 0 Å². The molecule has 0 saturated heterocycles. The first-order valence-corrected chi connectivity index (χ1v) is 37.2. The molecule has 8 aliphatic heterocycles. The zero-order chi connectivity index (χ0) is 75.8. The lowest BCUT2D eigenvalue weighted by atomic mass is 9.87. The number of aliphatic imine (C=N–C) groups is 8. The SMILES string of the molecule is CC(C)(C)[C@H]1COC(N(Cc2cn(CC(Cn3cc(CN(C4=N[C@@H](C(C)(C)C)CO4)C4=N[C@@H](C(C)(C)C)CO4)nn3)(Cn3cc(CN(C4=N[C@@H](C(C)(C)C)CO4)C4=N[C@@H](C(C)(C)C)CO4)nn3)Cn3cc(CN(C4=N[C@@H](C(C)(C)C)CO4)C4=N[C@@H](C(C)(C)C)CO4)nn3)nn2)C2=N[C@@H](C(C)(C)C)CO2)=N1. The number of aromatic nitrogens is 12. The molecule has 0 bridgehead atoms. The molecule has 8 atom stereocenters. The van der Waals surface area contributed by atoms with E-state index in [2.05, 4.69) is 166 Å². The molecule has 8 aliphatic rings. The van der Waals surface area contributed by atoms with E-state index in [1.165, 1.54) is 0 Å². The van der Waals surface area contributed by atoms with Crippen LogP contribution in [0.15, 0.2) is 64.7 Å². The van der Waals surface area contributed by atoms with Crippen LogP contribution in [0.5, 0.6) is 0 Å². The Bertz CT molecular complexity index is 3330. The maximum atomic E-state index is 6.43. The number of nitrogens with zero attached hydrogens (tertiary/aromatic N) is 24. The molecule has 0 fully saturated rings. The predicted octanol–water partition coefficient (Wildman–Crippen LogP) is 8.75. The fourth-order valence-corrected chi connectivity index (χ4v) is 12.8. The smallest absolute Gasteiger partial charge is 0.296 e. The maximum Gasteiger partial charge on any atom is 0.296 e. The summed E-state index contributed by atoms with van der Waals surface area (Å²) in [6.07, 6.45) is 7.76. The van der Waals surface area contributed by atoms with Crippen LogP contribution in [0, 0.1) is 48.7 Å². The Balaban J connectivity index is 0.952. The monoisotopic (exact) mass is 1460 g/mol. The summed E-state index contributed by atoms with van der Waals surface area (Å²) in [6, 6.07) is 2.51. The summed E-state index contributed by atoms with van der Waals surface area (Å²) in [7, 11) is 0. The van der Waals surface area contributed by atoms with Gasteiger partial charge in [0.2, 0.25) is 0 Å². The second kappa shape index (κ2) is 28.3. The summed E-state index contributed by atoms with van der Waals surface area (Å²) >= 11 is 0. The molecule has 32 heteroatoms. The van der Waals surface area contributed by atoms with Gasteiger partial charge in [0.25, 0.3) is 48.2 Å². The molecular formula is C73H116N24O8. The molecule has 0 amide bonds. The van der Waals surface area contributed by atoms with Gasteiger partial charge in [0, 0.05) is 5.41 Å². The van der Waals surface area contributed by atoms with Crippen molar-refractivity contribution >= 4 is 48.2 Å². The largest absolute Gasteiger partial charge is 0.463 e. The summed E-state index contributed by atoms with van der Waals surface area (Å²) in [5.74, 6) is 0. The highest BCUT2D eigenvalue weighted by Crippen LogP contribution is 2.37. The average molecular weight is 1460 g/mol. The Hall–Kier alpha value is -8.48. The van der Waals surface area contributed by atoms with Crippen LogP contribution in [0.1, 0.15) is 189 Å². The molecule has 576 valence electrons. The summed E-state index contributed by atoms with van der Waals surface area (Å²) < 4.78 is 58.8. The normalized spacial score (nSPS) is 23.9. The van der Waals surface area contributed by atoms with E-state index in [1.54, 1.807) is 0 Å². The summed E-state index contributed by atoms with van der Waals surface area (Å²) in [4.78, 5) is 48.6. The highest BCUT2D eigenvalue weighted by molar-refractivity contribution is 5.97. The van der Waals surface area contributed by atoms with Gasteiger partial charge in [-0.1, -0.05) is 187 Å². The van der Waals surface area contributed by atoms with Crippen molar-refractivity contribution in [3.05, 3.63) is 47.6 Å². The molecule has 0 aliphatic carbocycles. The molecule has 0 saturated carbocycles. The van der Waals surface area contributed by atoms with Gasteiger partial charge in [0.15, 0.2) is 0 Å². The number of ether oxygens (including phenoxy) is 8. The molecule has 0 radical (unpaired) electrons. The number of hydrogen-bond donors (Lipinski definition) is 0. The molecule has 32 nitrogen and oxygen atoms in total. The number of amidine groups is 8. The van der Waals surface area contributed by atoms with Crippen molar-refractivity contribution in [2.75, 3.05) is 52.9 Å². The number of rotatable bonds is 16. The summed E-state index contributed by atoms with van der Waals surface area (Å²) in [6.45, 7) is 56.8. The Morgan fingerprint density at radius 2 is 0.400 bits per heavy atom. The third-order valence-corrected chi connectivity index (χ3v) is 20.6. The lowest BCUT2D eigenvalue weighted by molar-refractivity contribution is 0.109. The first kappa shape index (κ1) is 76.2. The van der Waals surface area contributed by atoms with Crippen molar-refractivity contribution in [1.29, 1.82) is 0 Å². The van der Waals surface area contributed by atoms with E-state index in [9.17, 15) is 0 Å². The van der Waals surface area contributed by atoms with Gasteiger partial charge in [0.1, 0.15) is 75.6 Å². The fourth-order valence-electron chi connectivity index (χ4n) is 12.8. The minimum absolute atomic E-state index is 0.100. The highest BCUT2D eigenvalue weighted by atomic mass is 16.6. The van der Waals surface area contributed by atoms with E-state index < -0.39 is 5.41 Å². The van der Waals surface area contributed by atoms with Gasteiger partial charge >= 0.3 is 0 Å². The lowest BCUT2D eigenvalue weighted by Gasteiger charge is -2.33. The Kier molecular flexibility index (Phi) is 20.6. The molecule has 0 unspecified atom stereocenters. The standard InChI is InChI=1S/C73H116N24O8/c1-65(2,3)49-33-98-57(74-49)94(58-75-50(34-99-58)66(4,5)6)29-45-25-90(86-82-45)41-73(42-91-26-46(83-87-91)30-95(59-76-51(35-100-59)67(7,8)9)60-77-52(36-101-60)68(10,11)12,43-92-27-47(84-88-92)31-96(61-78-53(37-102-61)69(13,14)15)62-79-54(38-103-62)70(16,17)18)44-93-28-48(85-89-93)32-97(63-80-55(39-104-63)71(19,20)21)64-81-56(40-105-64)72(22,23)24/h25-28,49-56H,29-44H2,1-24H3/t49-,50-,51-,52-,53-,54-,55-,56-/m1/s1. The maximum absolute atomic E-state index is 6.43. The van der Waals surface area contributed by atoms with Gasteiger partial charge in [-0.3, -0.25) is 18.7 Å². The molecule has 0 spiro atoms. The summed E-state index contributed by atoms with van der Waals surface area (Å²) in [5.41, 5.74) is 0.131. The van der Waals surface area contributed by atoms with Crippen LogP contribution in [0.2, 0.25) is 0 Å². The van der Waals surface area contributed by atoms with E-state index in [0.29, 0.717) is 124 Å². The first-order valence-electron chi connectivity index (χ1n) is 37.2. The zero-order valence-corrected chi connectivity index (χ0v) is 66.7. The minimum Gasteiger partial charge on any atom is -0.463 e. The van der Waals surface area contributed by atoms with Crippen molar-refractivity contribution in [2.24, 2.45) is 88.7 Å². The third-order valence-electron chi connectivity index (χ3n) is 20.6. The molecule has 4 aromatic heterocycles. The topological polar surface area (TPSA) is 309 Å². The molecule has 105 heavy (non-hydrogen) atoms. The lowest BCUT2D eigenvalue weighted by Crippen LogP contribution is -2.41. The van der Waals surface area contributed by atoms with Gasteiger partial charge in [-0.25, -0.2) is 59.5 Å². The van der Waals surface area contributed by atoms with E-state index >= 15 is 0 Å². The van der Waals surface area contributed by atoms with E-state index in [-0.39, 0.29) is 144 Å². The third kappa shape index (κ3) is 18.0. The van der Waals surface area contributed by atoms with Crippen molar-refractivity contribution in [1.82, 2.24) is 79.6 Å². The van der Waals surface area contributed by atoms with Crippen molar-refractivity contribution in [2.45, 2.75) is 267 Å². The minimum atomic E-state index is -0.993. The van der Waals surface area contributed by atoms with Crippen LogP contribution >= 0.6 is 0 Å². The van der Waals surface area contributed by atoms with Gasteiger partial charge in [0.05, 0.1) is 125 Å². The number of hydrogen-bond acceptors (Lipinski definition) is 28. The molecule has 0 N–H and O–H groups in total. The van der Waals surface area contributed by atoms with Crippen LogP contribution in [0.4, 0.5) is 0 Å². The second-order valence-corrected chi connectivity index (χ2v) is 38.3. The molecule has 12 heterocycles. The van der Waals surface area contributed by atoms with E-state index in [4.69, 9.17) is 119 Å². The van der Waals surface area contributed by atoms with Crippen molar-refractivity contribution in [3.8, 4) is 0 Å². The Morgan fingerprint density at radius 1 is 0.257 bits per heavy atom. The van der Waals surface area contributed by atoms with Crippen LogP contribution in [-0.4, -0.2) is 229 Å².